The van der Waals surface area contributed by atoms with Crippen molar-refractivity contribution >= 4 is 27.7 Å². The molecule has 0 aliphatic rings. The van der Waals surface area contributed by atoms with Gasteiger partial charge in [0.1, 0.15) is 0 Å². The molecule has 0 aromatic heterocycles. The minimum Gasteiger partial charge on any atom is -0.350 e. The highest BCUT2D eigenvalue weighted by Crippen LogP contribution is 2.13. The van der Waals surface area contributed by atoms with E-state index < -0.39 is 0 Å². The predicted molar refractivity (Wildman–Crippen MR) is 102 cm³/mol. The van der Waals surface area contributed by atoms with Gasteiger partial charge in [0.15, 0.2) is 0 Å². The number of likely N-dealkylation sites (N-methyl/N-ethyl adjacent to an activating group) is 1. The van der Waals surface area contributed by atoms with Crippen LogP contribution in [0.2, 0.25) is 0 Å². The molecule has 0 spiro atoms. The molecule has 1 rings (SSSR count). The third-order valence-electron chi connectivity index (χ3n) is 3.60. The fourth-order valence-electron chi connectivity index (χ4n) is 2.42. The summed E-state index contributed by atoms with van der Waals surface area (Å²) in [7, 11) is 0. The van der Waals surface area contributed by atoms with Crippen LogP contribution in [0.25, 0.3) is 0 Å². The number of nitrogens with zero attached hydrogens (tertiary/aromatic N) is 1. The number of halogens is 1. The van der Waals surface area contributed by atoms with Gasteiger partial charge >= 0.3 is 0 Å². The molecular weight excluding hydrogens is 368 g/mol. The van der Waals surface area contributed by atoms with E-state index in [-0.39, 0.29) is 23.9 Å². The Bertz CT molecular complexity index is 535. The molecule has 2 amide bonds. The first kappa shape index (κ1) is 20.7. The summed E-state index contributed by atoms with van der Waals surface area (Å²) in [5.74, 6) is -0.0510. The van der Waals surface area contributed by atoms with Crippen molar-refractivity contribution in [2.45, 2.75) is 58.9 Å². The standard InChI is InChI=1S/C19H29BrN2O2/c1-5-22(14-17(23)21-19(2,3)4)18(24)9-7-6-8-15-10-12-16(20)13-11-15/h10-13H,5-9,14H2,1-4H3,(H,21,23). The van der Waals surface area contributed by atoms with Crippen LogP contribution in [0.4, 0.5) is 0 Å². The van der Waals surface area contributed by atoms with Crippen molar-refractivity contribution in [3.05, 3.63) is 34.3 Å². The van der Waals surface area contributed by atoms with E-state index in [2.05, 4.69) is 33.4 Å². The number of rotatable bonds is 8. The summed E-state index contributed by atoms with van der Waals surface area (Å²) < 4.78 is 1.08. The molecule has 0 fully saturated rings. The lowest BCUT2D eigenvalue weighted by atomic mass is 10.1. The van der Waals surface area contributed by atoms with Gasteiger partial charge < -0.3 is 10.2 Å². The largest absolute Gasteiger partial charge is 0.350 e. The molecule has 134 valence electrons. The molecule has 0 heterocycles. The lowest BCUT2D eigenvalue weighted by Gasteiger charge is -2.25. The van der Waals surface area contributed by atoms with E-state index in [1.165, 1.54) is 5.56 Å². The van der Waals surface area contributed by atoms with Crippen LogP contribution >= 0.6 is 15.9 Å². The second kappa shape index (κ2) is 9.82. The van der Waals surface area contributed by atoms with Crippen LogP contribution in [0, 0.1) is 0 Å². The van der Waals surface area contributed by atoms with E-state index in [4.69, 9.17) is 0 Å². The van der Waals surface area contributed by atoms with Gasteiger partial charge in [0.2, 0.25) is 11.8 Å². The number of unbranched alkanes of at least 4 members (excludes halogenated alkanes) is 1. The number of carbonyl (C=O) groups is 2. The molecule has 24 heavy (non-hydrogen) atoms. The third-order valence-corrected chi connectivity index (χ3v) is 4.13. The molecule has 5 heteroatoms. The van der Waals surface area contributed by atoms with E-state index >= 15 is 0 Å². The maximum absolute atomic E-state index is 12.3. The van der Waals surface area contributed by atoms with Gasteiger partial charge in [0.25, 0.3) is 0 Å². The Morgan fingerprint density at radius 2 is 1.75 bits per heavy atom. The number of hydrogen-bond acceptors (Lipinski definition) is 2. The molecule has 0 aliphatic carbocycles. The molecular formula is C19H29BrN2O2. The first-order valence-electron chi connectivity index (χ1n) is 8.54. The second-order valence-electron chi connectivity index (χ2n) is 7.04. The highest BCUT2D eigenvalue weighted by Gasteiger charge is 2.18. The van der Waals surface area contributed by atoms with Crippen LogP contribution in [0.5, 0.6) is 0 Å². The Morgan fingerprint density at radius 1 is 1.12 bits per heavy atom. The van der Waals surface area contributed by atoms with Crippen molar-refractivity contribution < 1.29 is 9.59 Å². The summed E-state index contributed by atoms with van der Waals surface area (Å²) >= 11 is 3.42. The van der Waals surface area contributed by atoms with Crippen LogP contribution in [0.15, 0.2) is 28.7 Å². The molecule has 0 aliphatic heterocycles. The normalized spacial score (nSPS) is 11.2. The van der Waals surface area contributed by atoms with Gasteiger partial charge in [-0.25, -0.2) is 0 Å². The van der Waals surface area contributed by atoms with Crippen LogP contribution in [0.1, 0.15) is 52.5 Å². The average molecular weight is 397 g/mol. The zero-order valence-electron chi connectivity index (χ0n) is 15.2. The summed E-state index contributed by atoms with van der Waals surface area (Å²) in [5.41, 5.74) is 1.01. The summed E-state index contributed by atoms with van der Waals surface area (Å²) in [5, 5.41) is 2.90. The molecule has 4 nitrogen and oxygen atoms in total. The Balaban J connectivity index is 2.33. The SMILES string of the molecule is CCN(CC(=O)NC(C)(C)C)C(=O)CCCCc1ccc(Br)cc1. The van der Waals surface area contributed by atoms with Crippen molar-refractivity contribution in [1.82, 2.24) is 10.2 Å². The third kappa shape index (κ3) is 8.48. The van der Waals surface area contributed by atoms with E-state index in [1.54, 1.807) is 4.90 Å². The summed E-state index contributed by atoms with van der Waals surface area (Å²) in [6.45, 7) is 8.41. The highest BCUT2D eigenvalue weighted by atomic mass is 79.9. The van der Waals surface area contributed by atoms with Gasteiger partial charge in [-0.05, 0) is 64.7 Å². The quantitative estimate of drug-likeness (QED) is 0.676. The monoisotopic (exact) mass is 396 g/mol. The van der Waals surface area contributed by atoms with Gasteiger partial charge in [-0.15, -0.1) is 0 Å². The van der Waals surface area contributed by atoms with Gasteiger partial charge in [-0.1, -0.05) is 28.1 Å². The number of carbonyl (C=O) groups excluding carboxylic acids is 2. The number of aryl methyl sites for hydroxylation is 1. The molecule has 0 unspecified atom stereocenters. The fraction of sp³-hybridized carbons (Fsp3) is 0.579. The van der Waals surface area contributed by atoms with Crippen LogP contribution in [-0.4, -0.2) is 35.3 Å². The minimum absolute atomic E-state index is 0.0531. The van der Waals surface area contributed by atoms with E-state index in [0.29, 0.717) is 13.0 Å². The topological polar surface area (TPSA) is 49.4 Å². The van der Waals surface area contributed by atoms with Crippen molar-refractivity contribution in [1.29, 1.82) is 0 Å². The smallest absolute Gasteiger partial charge is 0.240 e. The van der Waals surface area contributed by atoms with E-state index in [1.807, 2.05) is 39.8 Å². The predicted octanol–water partition coefficient (Wildman–Crippen LogP) is 3.93. The first-order valence-corrected chi connectivity index (χ1v) is 9.34. The summed E-state index contributed by atoms with van der Waals surface area (Å²) in [6.07, 6.45) is 3.27. The summed E-state index contributed by atoms with van der Waals surface area (Å²) in [6, 6.07) is 8.27. The Kier molecular flexibility index (Phi) is 8.46. The van der Waals surface area contributed by atoms with Crippen LogP contribution in [-0.2, 0) is 16.0 Å². The van der Waals surface area contributed by atoms with Crippen molar-refractivity contribution in [2.75, 3.05) is 13.1 Å². The molecule has 0 saturated heterocycles. The minimum atomic E-state index is -0.274. The molecule has 0 bridgehead atoms. The number of hydrogen-bond donors (Lipinski definition) is 1. The number of benzene rings is 1. The zero-order valence-corrected chi connectivity index (χ0v) is 16.8. The zero-order chi connectivity index (χ0) is 18.2. The molecule has 1 aromatic carbocycles. The van der Waals surface area contributed by atoms with Gasteiger partial charge in [0.05, 0.1) is 6.54 Å². The van der Waals surface area contributed by atoms with Gasteiger partial charge in [0, 0.05) is 23.0 Å². The lowest BCUT2D eigenvalue weighted by molar-refractivity contribution is -0.136. The van der Waals surface area contributed by atoms with Gasteiger partial charge in [-0.2, -0.15) is 0 Å². The Morgan fingerprint density at radius 3 is 2.29 bits per heavy atom. The Hall–Kier alpha value is -1.36. The van der Waals surface area contributed by atoms with Crippen molar-refractivity contribution in [3.8, 4) is 0 Å². The Labute approximate surface area is 154 Å². The molecule has 0 saturated carbocycles. The molecule has 0 radical (unpaired) electrons. The maximum Gasteiger partial charge on any atom is 0.240 e. The lowest BCUT2D eigenvalue weighted by Crippen LogP contribution is -2.47. The van der Waals surface area contributed by atoms with Crippen molar-refractivity contribution in [3.63, 3.8) is 0 Å². The van der Waals surface area contributed by atoms with Crippen LogP contribution < -0.4 is 5.32 Å². The fourth-order valence-corrected chi connectivity index (χ4v) is 2.69. The van der Waals surface area contributed by atoms with Crippen molar-refractivity contribution in [2.24, 2.45) is 0 Å². The maximum atomic E-state index is 12.3. The number of nitrogens with one attached hydrogen (secondary N) is 1. The molecule has 0 atom stereocenters. The van der Waals surface area contributed by atoms with Crippen LogP contribution in [0.3, 0.4) is 0 Å². The highest BCUT2D eigenvalue weighted by molar-refractivity contribution is 9.10. The summed E-state index contributed by atoms with van der Waals surface area (Å²) in [4.78, 5) is 25.9. The first-order chi connectivity index (χ1) is 11.2. The average Bonchev–Trinajstić information content (AvgIpc) is 2.49. The van der Waals surface area contributed by atoms with E-state index in [0.717, 1.165) is 23.7 Å². The second-order valence-corrected chi connectivity index (χ2v) is 7.96. The van der Waals surface area contributed by atoms with Gasteiger partial charge in [-0.3, -0.25) is 9.59 Å². The number of amides is 2. The van der Waals surface area contributed by atoms with E-state index in [9.17, 15) is 9.59 Å². The molecule has 1 aromatic rings. The molecule has 1 N–H and O–H groups in total.